The van der Waals surface area contributed by atoms with Crippen molar-refractivity contribution in [2.45, 2.75) is 25.3 Å². The van der Waals surface area contributed by atoms with Crippen LogP contribution in [0, 0.1) is 5.82 Å². The molecule has 1 saturated carbocycles. The Hall–Kier alpha value is -1.14. The van der Waals surface area contributed by atoms with Gasteiger partial charge in [0.25, 0.3) is 0 Å². The van der Waals surface area contributed by atoms with Crippen molar-refractivity contribution >= 4 is 15.7 Å². The third-order valence-corrected chi connectivity index (χ3v) is 4.07. The van der Waals surface area contributed by atoms with Crippen LogP contribution in [-0.2, 0) is 10.0 Å². The molecule has 1 aliphatic carbocycles. The molecule has 0 amide bonds. The summed E-state index contributed by atoms with van der Waals surface area (Å²) in [5.74, 6) is -0.408. The highest BCUT2D eigenvalue weighted by molar-refractivity contribution is 7.92. The second-order valence-electron chi connectivity index (χ2n) is 4.51. The Morgan fingerprint density at radius 2 is 2.11 bits per heavy atom. The molecular weight excluding hydrogens is 255 g/mol. The quantitative estimate of drug-likeness (QED) is 0.743. The summed E-state index contributed by atoms with van der Waals surface area (Å²) >= 11 is 0. The summed E-state index contributed by atoms with van der Waals surface area (Å²) < 4.78 is 38.7. The fourth-order valence-corrected chi connectivity index (χ4v) is 2.75. The van der Waals surface area contributed by atoms with E-state index in [0.29, 0.717) is 19.0 Å². The molecule has 1 aromatic rings. The molecule has 6 heteroatoms. The lowest BCUT2D eigenvalue weighted by molar-refractivity contribution is 0.593. The van der Waals surface area contributed by atoms with Crippen molar-refractivity contribution in [3.8, 4) is 0 Å². The van der Waals surface area contributed by atoms with Gasteiger partial charge >= 0.3 is 0 Å². The summed E-state index contributed by atoms with van der Waals surface area (Å²) in [5, 5.41) is 3.25. The van der Waals surface area contributed by atoms with Gasteiger partial charge in [0.05, 0.1) is 11.4 Å². The van der Waals surface area contributed by atoms with Crippen LogP contribution in [0.5, 0.6) is 0 Å². The van der Waals surface area contributed by atoms with Crippen LogP contribution in [-0.4, -0.2) is 26.8 Å². The van der Waals surface area contributed by atoms with Crippen LogP contribution in [0.4, 0.5) is 10.1 Å². The Bertz CT molecular complexity index is 501. The minimum Gasteiger partial charge on any atom is -0.314 e. The number of benzene rings is 1. The van der Waals surface area contributed by atoms with Gasteiger partial charge in [-0.2, -0.15) is 0 Å². The number of nitrogens with one attached hydrogen (secondary N) is 2. The Kier molecular flexibility index (Phi) is 4.19. The van der Waals surface area contributed by atoms with Crippen LogP contribution in [0.15, 0.2) is 24.3 Å². The van der Waals surface area contributed by atoms with Gasteiger partial charge in [-0.3, -0.25) is 4.72 Å². The van der Waals surface area contributed by atoms with E-state index in [2.05, 4.69) is 10.0 Å². The van der Waals surface area contributed by atoms with Gasteiger partial charge in [-0.1, -0.05) is 6.07 Å². The Morgan fingerprint density at radius 3 is 2.78 bits per heavy atom. The third kappa shape index (κ3) is 4.62. The van der Waals surface area contributed by atoms with E-state index in [0.717, 1.165) is 0 Å². The Labute approximate surface area is 107 Å². The van der Waals surface area contributed by atoms with Gasteiger partial charge in [0, 0.05) is 6.04 Å². The highest BCUT2D eigenvalue weighted by Gasteiger charge is 2.20. The zero-order valence-corrected chi connectivity index (χ0v) is 10.8. The predicted molar refractivity (Wildman–Crippen MR) is 69.5 cm³/mol. The SMILES string of the molecule is O=S(=O)(CCCNC1CC1)Nc1cccc(F)c1. The molecule has 2 N–H and O–H groups in total. The molecule has 0 heterocycles. The summed E-state index contributed by atoms with van der Waals surface area (Å²) in [4.78, 5) is 0. The van der Waals surface area contributed by atoms with E-state index < -0.39 is 15.8 Å². The van der Waals surface area contributed by atoms with E-state index >= 15 is 0 Å². The van der Waals surface area contributed by atoms with Gasteiger partial charge in [0.15, 0.2) is 0 Å². The lowest BCUT2D eigenvalue weighted by Crippen LogP contribution is -2.23. The summed E-state index contributed by atoms with van der Waals surface area (Å²) in [6.07, 6.45) is 2.93. The maximum absolute atomic E-state index is 12.9. The molecule has 0 atom stereocenters. The summed E-state index contributed by atoms with van der Waals surface area (Å²) in [5.41, 5.74) is 0.269. The highest BCUT2D eigenvalue weighted by Crippen LogP contribution is 2.18. The topological polar surface area (TPSA) is 58.2 Å². The van der Waals surface area contributed by atoms with E-state index in [4.69, 9.17) is 0 Å². The van der Waals surface area contributed by atoms with Crippen LogP contribution in [0.25, 0.3) is 0 Å². The smallest absolute Gasteiger partial charge is 0.232 e. The molecule has 1 aromatic carbocycles. The Morgan fingerprint density at radius 1 is 1.33 bits per heavy atom. The van der Waals surface area contributed by atoms with Crippen LogP contribution < -0.4 is 10.0 Å². The zero-order chi connectivity index (χ0) is 13.0. The highest BCUT2D eigenvalue weighted by atomic mass is 32.2. The van der Waals surface area contributed by atoms with Crippen LogP contribution in [0.3, 0.4) is 0 Å². The van der Waals surface area contributed by atoms with E-state index in [1.807, 2.05) is 0 Å². The predicted octanol–water partition coefficient (Wildman–Crippen LogP) is 1.71. The first-order valence-electron chi connectivity index (χ1n) is 6.05. The molecule has 4 nitrogen and oxygen atoms in total. The van der Waals surface area contributed by atoms with E-state index in [9.17, 15) is 12.8 Å². The molecule has 0 bridgehead atoms. The minimum absolute atomic E-state index is 0.0449. The second-order valence-corrected chi connectivity index (χ2v) is 6.36. The van der Waals surface area contributed by atoms with Gasteiger partial charge in [-0.05, 0) is 44.0 Å². The lowest BCUT2D eigenvalue weighted by atomic mass is 10.3. The van der Waals surface area contributed by atoms with Crippen molar-refractivity contribution < 1.29 is 12.8 Å². The van der Waals surface area contributed by atoms with Crippen molar-refractivity contribution in [3.05, 3.63) is 30.1 Å². The summed E-state index contributed by atoms with van der Waals surface area (Å²) in [6.45, 7) is 0.703. The fraction of sp³-hybridized carbons (Fsp3) is 0.500. The third-order valence-electron chi connectivity index (χ3n) is 2.70. The standard InChI is InChI=1S/C12H17FN2O2S/c13-10-3-1-4-12(9-10)15-18(16,17)8-2-7-14-11-5-6-11/h1,3-4,9,11,14-15H,2,5-8H2. The van der Waals surface area contributed by atoms with Crippen molar-refractivity contribution in [3.63, 3.8) is 0 Å². The molecule has 0 saturated heterocycles. The molecule has 18 heavy (non-hydrogen) atoms. The number of halogens is 1. The lowest BCUT2D eigenvalue weighted by Gasteiger charge is -2.08. The Balaban J connectivity index is 1.78. The first-order valence-corrected chi connectivity index (χ1v) is 7.70. The molecule has 0 aliphatic heterocycles. The molecule has 2 rings (SSSR count). The fourth-order valence-electron chi connectivity index (χ4n) is 1.64. The van der Waals surface area contributed by atoms with Crippen LogP contribution in [0.2, 0.25) is 0 Å². The molecule has 0 unspecified atom stereocenters. The molecule has 1 fully saturated rings. The average molecular weight is 272 g/mol. The van der Waals surface area contributed by atoms with Gasteiger partial charge < -0.3 is 5.32 Å². The van der Waals surface area contributed by atoms with Crippen molar-refractivity contribution in [1.82, 2.24) is 5.32 Å². The summed E-state index contributed by atoms with van der Waals surface area (Å²) in [7, 11) is -3.39. The van der Waals surface area contributed by atoms with Crippen LogP contribution in [0.1, 0.15) is 19.3 Å². The average Bonchev–Trinajstić information content (AvgIpc) is 3.07. The van der Waals surface area contributed by atoms with Gasteiger partial charge in [-0.25, -0.2) is 12.8 Å². The number of anilines is 1. The molecule has 100 valence electrons. The van der Waals surface area contributed by atoms with E-state index in [-0.39, 0.29) is 11.4 Å². The van der Waals surface area contributed by atoms with E-state index in [1.54, 1.807) is 0 Å². The first-order chi connectivity index (χ1) is 8.55. The molecule has 0 radical (unpaired) electrons. The van der Waals surface area contributed by atoms with Crippen molar-refractivity contribution in [2.75, 3.05) is 17.0 Å². The largest absolute Gasteiger partial charge is 0.314 e. The second kappa shape index (κ2) is 5.67. The number of hydrogen-bond acceptors (Lipinski definition) is 3. The van der Waals surface area contributed by atoms with Crippen molar-refractivity contribution in [2.24, 2.45) is 0 Å². The molecular formula is C12H17FN2O2S. The van der Waals surface area contributed by atoms with E-state index in [1.165, 1.54) is 37.1 Å². The number of hydrogen-bond donors (Lipinski definition) is 2. The van der Waals surface area contributed by atoms with Gasteiger partial charge in [-0.15, -0.1) is 0 Å². The monoisotopic (exact) mass is 272 g/mol. The summed E-state index contributed by atoms with van der Waals surface area (Å²) in [6, 6.07) is 6.03. The molecule has 0 aromatic heterocycles. The maximum atomic E-state index is 12.9. The molecule has 1 aliphatic rings. The first kappa shape index (κ1) is 13.3. The zero-order valence-electron chi connectivity index (χ0n) is 10.0. The minimum atomic E-state index is -3.39. The van der Waals surface area contributed by atoms with Crippen LogP contribution >= 0.6 is 0 Å². The van der Waals surface area contributed by atoms with Gasteiger partial charge in [0.1, 0.15) is 5.82 Å². The molecule has 0 spiro atoms. The number of rotatable bonds is 7. The maximum Gasteiger partial charge on any atom is 0.232 e. The number of sulfonamides is 1. The van der Waals surface area contributed by atoms with Gasteiger partial charge in [0.2, 0.25) is 10.0 Å². The normalized spacial score (nSPS) is 15.6. The van der Waals surface area contributed by atoms with Crippen molar-refractivity contribution in [1.29, 1.82) is 0 Å².